The fraction of sp³-hybridized carbons (Fsp3) is 0.400. The molecule has 0 aliphatic rings. The topological polar surface area (TPSA) is 64.3 Å². The van der Waals surface area contributed by atoms with Crippen molar-refractivity contribution in [3.63, 3.8) is 0 Å². The third kappa shape index (κ3) is 6.37. The van der Waals surface area contributed by atoms with E-state index in [4.69, 9.17) is 16.9 Å². The van der Waals surface area contributed by atoms with Crippen molar-refractivity contribution in [1.82, 2.24) is 5.32 Å². The van der Waals surface area contributed by atoms with E-state index in [0.29, 0.717) is 31.0 Å². The van der Waals surface area contributed by atoms with E-state index in [1.165, 1.54) is 0 Å². The van der Waals surface area contributed by atoms with Crippen molar-refractivity contribution >= 4 is 11.6 Å². The Morgan fingerprint density at radius 3 is 2.89 bits per heavy atom. The number of ether oxygens (including phenoxy) is 1. The van der Waals surface area contributed by atoms with Gasteiger partial charge in [0.05, 0.1) is 18.7 Å². The van der Waals surface area contributed by atoms with E-state index in [-0.39, 0.29) is 5.91 Å². The van der Waals surface area contributed by atoms with Gasteiger partial charge >= 0.3 is 0 Å². The zero-order valence-electron chi connectivity index (χ0n) is 11.0. The van der Waals surface area contributed by atoms with Crippen LogP contribution in [0.5, 0.6) is 5.75 Å². The van der Waals surface area contributed by atoms with E-state index >= 15 is 0 Å². The second-order valence-corrected chi connectivity index (χ2v) is 4.15. The lowest BCUT2D eigenvalue weighted by Crippen LogP contribution is -2.25. The molecule has 1 amide bonds. The van der Waals surface area contributed by atoms with Crippen LogP contribution < -0.4 is 15.8 Å². The summed E-state index contributed by atoms with van der Waals surface area (Å²) in [6, 6.07) is 7.23. The SMILES string of the molecule is C#CCCCCNC(=O)CCOc1ccccc1N. The maximum atomic E-state index is 11.5. The van der Waals surface area contributed by atoms with Crippen molar-refractivity contribution < 1.29 is 9.53 Å². The molecule has 1 aromatic rings. The van der Waals surface area contributed by atoms with E-state index in [1.54, 1.807) is 12.1 Å². The molecule has 0 saturated heterocycles. The molecular formula is C15H20N2O2. The van der Waals surface area contributed by atoms with Gasteiger partial charge in [-0.05, 0) is 25.0 Å². The van der Waals surface area contributed by atoms with Crippen LogP contribution in [0.2, 0.25) is 0 Å². The molecule has 0 heterocycles. The number of amides is 1. The van der Waals surface area contributed by atoms with Gasteiger partial charge in [0.15, 0.2) is 0 Å². The standard InChI is InChI=1S/C15H20N2O2/c1-2-3-4-7-11-17-15(18)10-12-19-14-9-6-5-8-13(14)16/h1,5-6,8-9H,3-4,7,10-12,16H2,(H,17,18). The first-order valence-corrected chi connectivity index (χ1v) is 6.41. The molecule has 0 aliphatic heterocycles. The monoisotopic (exact) mass is 260 g/mol. The number of hydrogen-bond acceptors (Lipinski definition) is 3. The first kappa shape index (κ1) is 14.9. The molecule has 0 spiro atoms. The van der Waals surface area contributed by atoms with Crippen molar-refractivity contribution in [3.8, 4) is 18.1 Å². The molecule has 0 bridgehead atoms. The Bertz CT molecular complexity index is 438. The van der Waals surface area contributed by atoms with Crippen molar-refractivity contribution in [2.75, 3.05) is 18.9 Å². The quantitative estimate of drug-likeness (QED) is 0.426. The summed E-state index contributed by atoms with van der Waals surface area (Å²) in [5.41, 5.74) is 6.30. The number of nitrogen functional groups attached to an aromatic ring is 1. The van der Waals surface area contributed by atoms with Gasteiger partial charge < -0.3 is 15.8 Å². The van der Waals surface area contributed by atoms with Crippen LogP contribution in [0.25, 0.3) is 0 Å². The smallest absolute Gasteiger partial charge is 0.223 e. The highest BCUT2D eigenvalue weighted by molar-refractivity contribution is 5.75. The number of terminal acetylenes is 1. The van der Waals surface area contributed by atoms with Crippen LogP contribution in [-0.2, 0) is 4.79 Å². The third-order valence-corrected chi connectivity index (χ3v) is 2.58. The van der Waals surface area contributed by atoms with Crippen molar-refractivity contribution in [1.29, 1.82) is 0 Å². The highest BCUT2D eigenvalue weighted by atomic mass is 16.5. The summed E-state index contributed by atoms with van der Waals surface area (Å²) < 4.78 is 5.44. The number of unbranched alkanes of at least 4 members (excludes halogenated alkanes) is 2. The molecule has 0 atom stereocenters. The molecule has 4 heteroatoms. The Hall–Kier alpha value is -2.15. The largest absolute Gasteiger partial charge is 0.491 e. The first-order chi connectivity index (χ1) is 9.24. The number of rotatable bonds is 8. The molecule has 19 heavy (non-hydrogen) atoms. The van der Waals surface area contributed by atoms with Gasteiger partial charge in [0, 0.05) is 13.0 Å². The molecule has 1 aromatic carbocycles. The predicted molar refractivity (Wildman–Crippen MR) is 76.7 cm³/mol. The number of nitrogens with two attached hydrogens (primary N) is 1. The Morgan fingerprint density at radius 1 is 1.37 bits per heavy atom. The molecule has 0 aliphatic carbocycles. The molecule has 0 aromatic heterocycles. The highest BCUT2D eigenvalue weighted by Gasteiger charge is 2.02. The van der Waals surface area contributed by atoms with E-state index in [1.807, 2.05) is 12.1 Å². The van der Waals surface area contributed by atoms with Crippen LogP contribution in [0.3, 0.4) is 0 Å². The minimum Gasteiger partial charge on any atom is -0.491 e. The second kappa shape index (κ2) is 8.87. The summed E-state index contributed by atoms with van der Waals surface area (Å²) >= 11 is 0. The average molecular weight is 260 g/mol. The number of anilines is 1. The van der Waals surface area contributed by atoms with Crippen LogP contribution >= 0.6 is 0 Å². The number of carbonyl (C=O) groups is 1. The lowest BCUT2D eigenvalue weighted by Gasteiger charge is -2.08. The fourth-order valence-electron chi connectivity index (χ4n) is 1.53. The normalized spacial score (nSPS) is 9.63. The van der Waals surface area contributed by atoms with Crippen molar-refractivity contribution in [3.05, 3.63) is 24.3 Å². The lowest BCUT2D eigenvalue weighted by molar-refractivity contribution is -0.121. The van der Waals surface area contributed by atoms with Crippen molar-refractivity contribution in [2.45, 2.75) is 25.7 Å². The molecule has 0 unspecified atom stereocenters. The van der Waals surface area contributed by atoms with E-state index in [2.05, 4.69) is 11.2 Å². The van der Waals surface area contributed by atoms with Crippen LogP contribution in [0.15, 0.2) is 24.3 Å². The van der Waals surface area contributed by atoms with E-state index in [0.717, 1.165) is 19.3 Å². The van der Waals surface area contributed by atoms with Crippen molar-refractivity contribution in [2.24, 2.45) is 0 Å². The summed E-state index contributed by atoms with van der Waals surface area (Å²) in [7, 11) is 0. The molecule has 4 nitrogen and oxygen atoms in total. The minimum absolute atomic E-state index is 0.0183. The Labute approximate surface area is 114 Å². The molecule has 1 rings (SSSR count). The molecule has 3 N–H and O–H groups in total. The van der Waals surface area contributed by atoms with Gasteiger partial charge in [-0.25, -0.2) is 0 Å². The van der Waals surface area contributed by atoms with Crippen LogP contribution in [0.4, 0.5) is 5.69 Å². The molecular weight excluding hydrogens is 240 g/mol. The third-order valence-electron chi connectivity index (χ3n) is 2.58. The zero-order valence-corrected chi connectivity index (χ0v) is 11.0. The Kier molecular flexibility index (Phi) is 6.96. The minimum atomic E-state index is -0.0183. The van der Waals surface area contributed by atoms with Gasteiger partial charge in [0.1, 0.15) is 5.75 Å². The van der Waals surface area contributed by atoms with Gasteiger partial charge in [-0.3, -0.25) is 4.79 Å². The highest BCUT2D eigenvalue weighted by Crippen LogP contribution is 2.19. The average Bonchev–Trinajstić information content (AvgIpc) is 2.41. The van der Waals surface area contributed by atoms with Gasteiger partial charge in [-0.1, -0.05) is 12.1 Å². The van der Waals surface area contributed by atoms with Gasteiger partial charge in [0.2, 0.25) is 5.91 Å². The first-order valence-electron chi connectivity index (χ1n) is 6.41. The lowest BCUT2D eigenvalue weighted by atomic mass is 10.2. The van der Waals surface area contributed by atoms with Crippen LogP contribution in [0, 0.1) is 12.3 Å². The number of benzene rings is 1. The van der Waals surface area contributed by atoms with Gasteiger partial charge in [0.25, 0.3) is 0 Å². The fourth-order valence-corrected chi connectivity index (χ4v) is 1.53. The Morgan fingerprint density at radius 2 is 2.16 bits per heavy atom. The summed E-state index contributed by atoms with van der Waals surface area (Å²) in [5.74, 6) is 3.17. The summed E-state index contributed by atoms with van der Waals surface area (Å²) in [6.45, 7) is 0.985. The van der Waals surface area contributed by atoms with Gasteiger partial charge in [-0.15, -0.1) is 12.3 Å². The molecule has 0 saturated carbocycles. The maximum Gasteiger partial charge on any atom is 0.223 e. The number of nitrogens with one attached hydrogen (secondary N) is 1. The number of hydrogen-bond donors (Lipinski definition) is 2. The van der Waals surface area contributed by atoms with E-state index < -0.39 is 0 Å². The molecule has 102 valence electrons. The van der Waals surface area contributed by atoms with Crippen LogP contribution in [0.1, 0.15) is 25.7 Å². The van der Waals surface area contributed by atoms with Crippen LogP contribution in [-0.4, -0.2) is 19.1 Å². The zero-order chi connectivity index (χ0) is 13.9. The number of para-hydroxylation sites is 2. The number of carbonyl (C=O) groups excluding carboxylic acids is 1. The summed E-state index contributed by atoms with van der Waals surface area (Å²) in [4.78, 5) is 11.5. The van der Waals surface area contributed by atoms with E-state index in [9.17, 15) is 4.79 Å². The summed E-state index contributed by atoms with van der Waals surface area (Å²) in [5, 5.41) is 2.82. The predicted octanol–water partition coefficient (Wildman–Crippen LogP) is 1.96. The molecule has 0 fully saturated rings. The second-order valence-electron chi connectivity index (χ2n) is 4.15. The summed E-state index contributed by atoms with van der Waals surface area (Å²) in [6.07, 6.45) is 8.06. The maximum absolute atomic E-state index is 11.5. The van der Waals surface area contributed by atoms with Gasteiger partial charge in [-0.2, -0.15) is 0 Å². The Balaban J connectivity index is 2.11. The molecule has 0 radical (unpaired) electrons.